The third kappa shape index (κ3) is 3.21. The zero-order chi connectivity index (χ0) is 19.8. The molecule has 0 aliphatic carbocycles. The maximum atomic E-state index is 14.0. The van der Waals surface area contributed by atoms with E-state index in [9.17, 15) is 14.0 Å². The fourth-order valence-electron chi connectivity index (χ4n) is 3.66. The Kier molecular flexibility index (Phi) is 4.74. The number of hydrogen-bond donors (Lipinski definition) is 1. The molecule has 0 saturated carbocycles. The number of nitrogens with one attached hydrogen (secondary N) is 1. The van der Waals surface area contributed by atoms with Gasteiger partial charge in [-0.1, -0.05) is 31.2 Å². The van der Waals surface area contributed by atoms with Gasteiger partial charge in [-0.25, -0.2) is 9.07 Å². The quantitative estimate of drug-likeness (QED) is 0.856. The van der Waals surface area contributed by atoms with Crippen molar-refractivity contribution in [2.75, 3.05) is 31.1 Å². The SMILES string of the molecule is CC(C)[C@H]1Cn2nnc(C(=O)N3CCN(c4ccccc4F)CC3)c2C(=O)N1. The van der Waals surface area contributed by atoms with Crippen molar-refractivity contribution in [3.63, 3.8) is 0 Å². The Morgan fingerprint density at radius 3 is 2.61 bits per heavy atom. The predicted octanol–water partition coefficient (Wildman–Crippen LogP) is 1.15. The van der Waals surface area contributed by atoms with Crippen molar-refractivity contribution in [3.05, 3.63) is 41.5 Å². The van der Waals surface area contributed by atoms with Gasteiger partial charge in [0.1, 0.15) is 5.82 Å². The molecule has 28 heavy (non-hydrogen) atoms. The fraction of sp³-hybridized carbons (Fsp3) is 0.474. The minimum Gasteiger partial charge on any atom is -0.366 e. The molecule has 1 fully saturated rings. The van der Waals surface area contributed by atoms with Crippen molar-refractivity contribution in [1.29, 1.82) is 0 Å². The van der Waals surface area contributed by atoms with Crippen LogP contribution in [0, 0.1) is 11.7 Å². The number of aromatic nitrogens is 3. The van der Waals surface area contributed by atoms with Gasteiger partial charge in [-0.15, -0.1) is 5.10 Å². The molecular weight excluding hydrogens is 363 g/mol. The summed E-state index contributed by atoms with van der Waals surface area (Å²) in [6.45, 7) is 6.42. The lowest BCUT2D eigenvalue weighted by atomic mass is 10.0. The van der Waals surface area contributed by atoms with E-state index < -0.39 is 0 Å². The molecule has 1 saturated heterocycles. The van der Waals surface area contributed by atoms with Crippen molar-refractivity contribution in [1.82, 2.24) is 25.2 Å². The molecule has 1 aromatic carbocycles. The maximum absolute atomic E-state index is 14.0. The van der Waals surface area contributed by atoms with Crippen molar-refractivity contribution in [2.45, 2.75) is 26.4 Å². The average Bonchev–Trinajstić information content (AvgIpc) is 3.12. The maximum Gasteiger partial charge on any atom is 0.277 e. The number of hydrogen-bond acceptors (Lipinski definition) is 5. The number of nitrogens with zero attached hydrogens (tertiary/aromatic N) is 5. The topological polar surface area (TPSA) is 83.4 Å². The van der Waals surface area contributed by atoms with Gasteiger partial charge in [0, 0.05) is 26.2 Å². The van der Waals surface area contributed by atoms with E-state index in [1.54, 1.807) is 23.1 Å². The zero-order valence-electron chi connectivity index (χ0n) is 15.9. The smallest absolute Gasteiger partial charge is 0.277 e. The van der Waals surface area contributed by atoms with Gasteiger partial charge in [0.15, 0.2) is 11.4 Å². The Morgan fingerprint density at radius 2 is 1.93 bits per heavy atom. The number of benzene rings is 1. The summed E-state index contributed by atoms with van der Waals surface area (Å²) in [7, 11) is 0. The molecule has 2 aliphatic rings. The van der Waals surface area contributed by atoms with E-state index in [4.69, 9.17) is 0 Å². The molecule has 0 unspecified atom stereocenters. The lowest BCUT2D eigenvalue weighted by Gasteiger charge is -2.36. The van der Waals surface area contributed by atoms with Gasteiger partial charge >= 0.3 is 0 Å². The number of fused-ring (bicyclic) bond motifs is 1. The van der Waals surface area contributed by atoms with Crippen LogP contribution in [0.25, 0.3) is 0 Å². The summed E-state index contributed by atoms with van der Waals surface area (Å²) >= 11 is 0. The van der Waals surface area contributed by atoms with Crippen LogP contribution in [0.5, 0.6) is 0 Å². The molecule has 1 aromatic heterocycles. The van der Waals surface area contributed by atoms with Crippen LogP contribution in [0.3, 0.4) is 0 Å². The Labute approximate surface area is 162 Å². The zero-order valence-corrected chi connectivity index (χ0v) is 15.9. The molecule has 4 rings (SSSR count). The lowest BCUT2D eigenvalue weighted by molar-refractivity contribution is 0.0730. The molecule has 1 atom stereocenters. The first-order valence-corrected chi connectivity index (χ1v) is 9.49. The number of piperazine rings is 1. The molecule has 3 heterocycles. The van der Waals surface area contributed by atoms with Crippen molar-refractivity contribution >= 4 is 17.5 Å². The minimum atomic E-state index is -0.316. The Balaban J connectivity index is 1.47. The molecule has 8 nitrogen and oxygen atoms in total. The van der Waals surface area contributed by atoms with Crippen molar-refractivity contribution in [3.8, 4) is 0 Å². The van der Waals surface area contributed by atoms with E-state index in [2.05, 4.69) is 15.6 Å². The number of para-hydroxylation sites is 1. The third-order valence-corrected chi connectivity index (χ3v) is 5.40. The predicted molar refractivity (Wildman–Crippen MR) is 101 cm³/mol. The molecular formula is C19H23FN6O2. The normalized spacial score (nSPS) is 19.6. The summed E-state index contributed by atoms with van der Waals surface area (Å²) < 4.78 is 15.5. The van der Waals surface area contributed by atoms with Gasteiger partial charge in [0.05, 0.1) is 18.3 Å². The number of carbonyl (C=O) groups excluding carboxylic acids is 2. The van der Waals surface area contributed by atoms with E-state index in [-0.39, 0.29) is 41.0 Å². The monoisotopic (exact) mass is 386 g/mol. The summed E-state index contributed by atoms with van der Waals surface area (Å²) in [4.78, 5) is 29.0. The summed E-state index contributed by atoms with van der Waals surface area (Å²) in [5.74, 6) is -0.645. The molecule has 1 N–H and O–H groups in total. The molecule has 2 aliphatic heterocycles. The number of rotatable bonds is 3. The number of anilines is 1. The van der Waals surface area contributed by atoms with Gasteiger partial charge in [-0.05, 0) is 18.1 Å². The second-order valence-electron chi connectivity index (χ2n) is 7.52. The van der Waals surface area contributed by atoms with Crippen LogP contribution >= 0.6 is 0 Å². The Bertz CT molecular complexity index is 904. The van der Waals surface area contributed by atoms with Crippen LogP contribution < -0.4 is 10.2 Å². The van der Waals surface area contributed by atoms with Gasteiger partial charge in [0.2, 0.25) is 0 Å². The second-order valence-corrected chi connectivity index (χ2v) is 7.52. The largest absolute Gasteiger partial charge is 0.366 e. The first kappa shape index (κ1) is 18.4. The van der Waals surface area contributed by atoms with Crippen LogP contribution in [0.4, 0.5) is 10.1 Å². The summed E-state index contributed by atoms with van der Waals surface area (Å²) in [5.41, 5.74) is 0.840. The highest BCUT2D eigenvalue weighted by atomic mass is 19.1. The van der Waals surface area contributed by atoms with Crippen LogP contribution in [-0.4, -0.2) is 63.9 Å². The Morgan fingerprint density at radius 1 is 1.21 bits per heavy atom. The van der Waals surface area contributed by atoms with Gasteiger partial charge in [-0.3, -0.25) is 9.59 Å². The highest BCUT2D eigenvalue weighted by molar-refractivity contribution is 6.05. The van der Waals surface area contributed by atoms with Gasteiger partial charge in [-0.2, -0.15) is 0 Å². The van der Waals surface area contributed by atoms with Crippen molar-refractivity contribution < 1.29 is 14.0 Å². The fourth-order valence-corrected chi connectivity index (χ4v) is 3.66. The summed E-state index contributed by atoms with van der Waals surface area (Å²) in [5, 5.41) is 11.0. The molecule has 9 heteroatoms. The number of halogens is 1. The summed E-state index contributed by atoms with van der Waals surface area (Å²) in [6.07, 6.45) is 0. The van der Waals surface area contributed by atoms with E-state index in [0.717, 1.165) is 0 Å². The number of carbonyl (C=O) groups is 2. The lowest BCUT2D eigenvalue weighted by Crippen LogP contribution is -2.50. The molecule has 0 radical (unpaired) electrons. The molecule has 2 aromatic rings. The standard InChI is InChI=1S/C19H23FN6O2/c1-12(2)14-11-26-17(18(27)21-14)16(22-23-26)19(28)25-9-7-24(8-10-25)15-6-4-3-5-13(15)20/h3-6,12,14H,7-11H2,1-2H3,(H,21,27)/t14-/m1/s1. The van der Waals surface area contributed by atoms with Crippen LogP contribution in [-0.2, 0) is 6.54 Å². The molecule has 2 amide bonds. The van der Waals surface area contributed by atoms with Crippen LogP contribution in [0.1, 0.15) is 34.8 Å². The van der Waals surface area contributed by atoms with Gasteiger partial charge < -0.3 is 15.1 Å². The molecule has 0 spiro atoms. The van der Waals surface area contributed by atoms with Crippen molar-refractivity contribution in [2.24, 2.45) is 5.92 Å². The third-order valence-electron chi connectivity index (χ3n) is 5.40. The molecule has 0 bridgehead atoms. The highest BCUT2D eigenvalue weighted by Gasteiger charge is 2.35. The minimum absolute atomic E-state index is 0.0334. The molecule has 148 valence electrons. The first-order chi connectivity index (χ1) is 13.5. The number of amides is 2. The first-order valence-electron chi connectivity index (χ1n) is 9.49. The van der Waals surface area contributed by atoms with E-state index in [1.807, 2.05) is 18.7 Å². The Hall–Kier alpha value is -2.97. The van der Waals surface area contributed by atoms with E-state index in [1.165, 1.54) is 10.7 Å². The van der Waals surface area contributed by atoms with Crippen LogP contribution in [0.2, 0.25) is 0 Å². The van der Waals surface area contributed by atoms with Gasteiger partial charge in [0.25, 0.3) is 11.8 Å². The highest BCUT2D eigenvalue weighted by Crippen LogP contribution is 2.22. The second kappa shape index (κ2) is 7.21. The van der Waals surface area contributed by atoms with E-state index >= 15 is 0 Å². The summed E-state index contributed by atoms with van der Waals surface area (Å²) in [6, 6.07) is 6.58. The van der Waals surface area contributed by atoms with Crippen LogP contribution in [0.15, 0.2) is 24.3 Å². The van der Waals surface area contributed by atoms with E-state index in [0.29, 0.717) is 38.4 Å². The average molecular weight is 386 g/mol.